The molecule has 2 heterocycles. The zero-order chi connectivity index (χ0) is 27.8. The molecule has 5 nitrogen and oxygen atoms in total. The quantitative estimate of drug-likeness (QED) is 0.218. The summed E-state index contributed by atoms with van der Waals surface area (Å²) in [6, 6.07) is 8.17. The molecule has 0 aliphatic heterocycles. The average molecular weight is 689 g/mol. The van der Waals surface area contributed by atoms with Gasteiger partial charge in [0.05, 0.1) is 22.1 Å². The molecule has 4 aliphatic rings. The van der Waals surface area contributed by atoms with Gasteiger partial charge in [-0.15, -0.1) is 11.3 Å². The lowest BCUT2D eigenvalue weighted by Crippen LogP contribution is -2.57. The maximum Gasteiger partial charge on any atom is 0.163 e. The van der Waals surface area contributed by atoms with Crippen molar-refractivity contribution in [1.82, 2.24) is 10.1 Å². The monoisotopic (exact) mass is 688 g/mol. The molecule has 212 valence electrons. The molecule has 0 amide bonds. The molecule has 1 aromatic carbocycles. The number of aromatic nitrogens is 2. The highest BCUT2D eigenvalue weighted by atomic mass is 127. The predicted octanol–water partition coefficient (Wildman–Crippen LogP) is 7.77. The van der Waals surface area contributed by atoms with Gasteiger partial charge in [0.1, 0.15) is 9.48 Å². The summed E-state index contributed by atoms with van der Waals surface area (Å²) in [5.41, 5.74) is 3.51. The number of allylic oxidation sites excluding steroid dienone is 1. The van der Waals surface area contributed by atoms with Crippen LogP contribution in [0.15, 0.2) is 38.7 Å². The summed E-state index contributed by atoms with van der Waals surface area (Å²) in [5.74, 6) is 2.94. The zero-order valence-corrected chi connectivity index (χ0v) is 27.4. The minimum atomic E-state index is -0.399. The van der Waals surface area contributed by atoms with Gasteiger partial charge in [0.25, 0.3) is 0 Å². The number of ketones is 1. The van der Waals surface area contributed by atoms with E-state index >= 15 is 0 Å². The molecule has 4 unspecified atom stereocenters. The van der Waals surface area contributed by atoms with Gasteiger partial charge in [-0.05, 0) is 103 Å². The number of carbonyl (C=O) groups excluding carboxylic acids is 1. The molecule has 40 heavy (non-hydrogen) atoms. The average Bonchev–Trinajstić information content (AvgIpc) is 3.59. The molecule has 0 spiro atoms. The number of halogens is 1. The normalized spacial score (nSPS) is 34.5. The van der Waals surface area contributed by atoms with Gasteiger partial charge in [-0.2, -0.15) is 0 Å². The van der Waals surface area contributed by atoms with Gasteiger partial charge in [-0.25, -0.2) is 4.98 Å². The van der Waals surface area contributed by atoms with Crippen LogP contribution in [0.2, 0.25) is 0 Å². The van der Waals surface area contributed by atoms with Crippen LogP contribution < -0.4 is 0 Å². The number of rotatable bonds is 5. The first-order valence-corrected chi connectivity index (χ1v) is 18.5. The second-order valence-electron chi connectivity index (χ2n) is 13.0. The van der Waals surface area contributed by atoms with Crippen molar-refractivity contribution in [1.29, 1.82) is 0 Å². The Balaban J connectivity index is 1.12. The highest BCUT2D eigenvalue weighted by Crippen LogP contribution is 2.67. The van der Waals surface area contributed by atoms with Crippen molar-refractivity contribution in [3.05, 3.63) is 44.9 Å². The van der Waals surface area contributed by atoms with Crippen molar-refractivity contribution < 1.29 is 14.4 Å². The fourth-order valence-electron chi connectivity index (χ4n) is 8.97. The van der Waals surface area contributed by atoms with Crippen molar-refractivity contribution in [2.24, 2.45) is 34.5 Å². The van der Waals surface area contributed by atoms with Crippen molar-refractivity contribution in [2.75, 3.05) is 5.75 Å². The molecule has 0 radical (unpaired) electrons. The fraction of sp³-hybridized carbons (Fsp3) is 0.562. The lowest BCUT2D eigenvalue weighted by atomic mass is 9.46. The van der Waals surface area contributed by atoms with Crippen molar-refractivity contribution >= 4 is 69.4 Å². The molecule has 3 fully saturated rings. The number of thiazole rings is 1. The smallest absolute Gasteiger partial charge is 0.163 e. The van der Waals surface area contributed by atoms with Crippen LogP contribution in [0.25, 0.3) is 16.3 Å². The van der Waals surface area contributed by atoms with Gasteiger partial charge < -0.3 is 9.63 Å². The third-order valence-electron chi connectivity index (χ3n) is 10.6. The molecule has 0 saturated heterocycles. The second kappa shape index (κ2) is 10.1. The summed E-state index contributed by atoms with van der Waals surface area (Å²) in [5, 5.41) is 16.4. The van der Waals surface area contributed by atoms with E-state index in [1.807, 2.05) is 18.2 Å². The lowest BCUT2D eigenvalue weighted by molar-refractivity contribution is -0.140. The minimum absolute atomic E-state index is 0.0233. The summed E-state index contributed by atoms with van der Waals surface area (Å²) in [7, 11) is 0. The number of hydrogen-bond acceptors (Lipinski definition) is 7. The first-order chi connectivity index (χ1) is 19.2. The number of para-hydroxylation sites is 1. The number of carbonyl (C=O) groups is 1. The van der Waals surface area contributed by atoms with Crippen LogP contribution in [-0.2, 0) is 11.2 Å². The van der Waals surface area contributed by atoms with Gasteiger partial charge in [0.15, 0.2) is 10.1 Å². The number of aliphatic hydroxyl groups excluding tert-OH is 1. The van der Waals surface area contributed by atoms with E-state index < -0.39 is 6.10 Å². The van der Waals surface area contributed by atoms with Gasteiger partial charge in [0.2, 0.25) is 0 Å². The molecule has 7 atom stereocenters. The van der Waals surface area contributed by atoms with E-state index in [4.69, 9.17) is 9.51 Å². The van der Waals surface area contributed by atoms with Crippen LogP contribution in [0.5, 0.6) is 0 Å². The summed E-state index contributed by atoms with van der Waals surface area (Å²) in [4.78, 5) is 18.5. The van der Waals surface area contributed by atoms with E-state index in [1.54, 1.807) is 23.1 Å². The van der Waals surface area contributed by atoms with Gasteiger partial charge in [-0.1, -0.05) is 69.2 Å². The predicted molar refractivity (Wildman–Crippen MR) is 172 cm³/mol. The Kier molecular flexibility index (Phi) is 6.95. The number of aliphatic hydroxyl groups is 1. The second-order valence-corrected chi connectivity index (χ2v) is 19.0. The molecule has 2 aromatic heterocycles. The SMILES string of the molecule is CC(C)=Ic1noc2c1C[C@@]1(C)C(=C2)CCC2C1C(O)C[C@@]1(C)C2CC[C@@H]1C(=O)CSc1nc2ccccc2s1. The summed E-state index contributed by atoms with van der Waals surface area (Å²) < 4.78 is 10.6. The van der Waals surface area contributed by atoms with Gasteiger partial charge in [0, 0.05) is 11.5 Å². The number of Topliss-reactive ketones (excluding diaryl/α,β-unsaturated/α-hetero) is 1. The number of nitrogens with zero attached hydrogens (tertiary/aromatic N) is 2. The van der Waals surface area contributed by atoms with Crippen molar-refractivity contribution in [3.63, 3.8) is 0 Å². The van der Waals surface area contributed by atoms with Crippen molar-refractivity contribution in [3.8, 4) is 0 Å². The van der Waals surface area contributed by atoms with Gasteiger partial charge in [-0.3, -0.25) is 4.79 Å². The summed E-state index contributed by atoms with van der Waals surface area (Å²) in [6.45, 7) is 9.11. The Morgan fingerprint density at radius 3 is 2.85 bits per heavy atom. The maximum atomic E-state index is 13.7. The zero-order valence-electron chi connectivity index (χ0n) is 23.6. The lowest BCUT2D eigenvalue weighted by Gasteiger charge is -2.59. The highest BCUT2D eigenvalue weighted by Gasteiger charge is 2.63. The van der Waals surface area contributed by atoms with Crippen LogP contribution in [0.4, 0.5) is 0 Å². The van der Waals surface area contributed by atoms with E-state index in [9.17, 15) is 9.90 Å². The first kappa shape index (κ1) is 27.5. The summed E-state index contributed by atoms with van der Waals surface area (Å²) >= 11 is 2.99. The third-order valence-corrected chi connectivity index (χ3v) is 15.2. The molecule has 3 saturated carbocycles. The molecule has 3 aromatic rings. The van der Waals surface area contributed by atoms with Crippen LogP contribution in [0, 0.1) is 38.2 Å². The largest absolute Gasteiger partial charge is 0.393 e. The number of fused-ring (bicyclic) bond motifs is 7. The fourth-order valence-corrected chi connectivity index (χ4v) is 13.0. The van der Waals surface area contributed by atoms with E-state index in [0.29, 0.717) is 23.4 Å². The Morgan fingerprint density at radius 1 is 1.23 bits per heavy atom. The Hall–Kier alpha value is -1.36. The van der Waals surface area contributed by atoms with E-state index in [1.165, 1.54) is 23.0 Å². The third kappa shape index (κ3) is 4.33. The Morgan fingerprint density at radius 2 is 2.05 bits per heavy atom. The van der Waals surface area contributed by atoms with Crippen LogP contribution >= 0.6 is 43.8 Å². The molecular weight excluding hydrogens is 651 g/mol. The Bertz CT molecular complexity index is 1520. The topological polar surface area (TPSA) is 76.2 Å². The van der Waals surface area contributed by atoms with E-state index in [-0.39, 0.29) is 43.4 Å². The molecule has 8 heteroatoms. The molecular formula is C32H37IN2O3S2. The standard InChI is InChI=1S/C32H37IN2O3S2/c1-17(2)33-29-20-14-31(3)18(13-26(20)38-35-29)9-10-19-21-11-12-22(32(21,4)15-24(36)28(19)31)25(37)16-39-30-34-23-7-5-6-8-27(23)40-30/h5-8,13,19,21-22,24,28,36H,9-12,14-16H2,1-4H3/t19?,21?,22-,24?,28?,31+,32+/m1/s1. The van der Waals surface area contributed by atoms with Gasteiger partial charge >= 0.3 is 0 Å². The Labute approximate surface area is 254 Å². The maximum absolute atomic E-state index is 13.7. The van der Waals surface area contributed by atoms with E-state index in [2.05, 4.69) is 45.0 Å². The summed E-state index contributed by atoms with van der Waals surface area (Å²) in [6.07, 6.45) is 7.70. The van der Waals surface area contributed by atoms with Crippen LogP contribution in [0.1, 0.15) is 71.1 Å². The van der Waals surface area contributed by atoms with E-state index in [0.717, 1.165) is 54.1 Å². The first-order valence-electron chi connectivity index (χ1n) is 14.5. The van der Waals surface area contributed by atoms with Crippen LogP contribution in [-0.4, -0.2) is 36.4 Å². The highest BCUT2D eigenvalue weighted by molar-refractivity contribution is 14.2. The molecule has 0 bridgehead atoms. The van der Waals surface area contributed by atoms with Crippen molar-refractivity contribution in [2.45, 2.75) is 76.7 Å². The minimum Gasteiger partial charge on any atom is -0.393 e. The molecule has 7 rings (SSSR count). The molecule has 1 N–H and O–H groups in total. The molecule has 4 aliphatic carbocycles. The number of benzene rings is 1. The number of thioether (sulfide) groups is 1. The number of hydrogen-bond donors (Lipinski definition) is 1. The van der Waals surface area contributed by atoms with Crippen LogP contribution in [0.3, 0.4) is 0 Å².